The van der Waals surface area contributed by atoms with E-state index in [0.717, 1.165) is 21.4 Å². The first-order chi connectivity index (χ1) is 17.4. The summed E-state index contributed by atoms with van der Waals surface area (Å²) in [6.45, 7) is 19.9. The van der Waals surface area contributed by atoms with Crippen molar-refractivity contribution in [1.29, 1.82) is 0 Å². The summed E-state index contributed by atoms with van der Waals surface area (Å²) in [6.07, 6.45) is 5.20. The molecule has 0 aromatic carbocycles. The van der Waals surface area contributed by atoms with Crippen LogP contribution in [0, 0.1) is 5.92 Å². The summed E-state index contributed by atoms with van der Waals surface area (Å²) in [4.78, 5) is 21.6. The second-order valence-electron chi connectivity index (χ2n) is 10.6. The largest absolute Gasteiger partial charge is 0.500 e. The molecule has 2 aromatic heterocycles. The first-order valence-corrected chi connectivity index (χ1v) is 16.9. The molecule has 2 atom stereocenters. The van der Waals surface area contributed by atoms with Crippen LogP contribution < -0.4 is 0 Å². The van der Waals surface area contributed by atoms with E-state index in [-0.39, 0.29) is 12.0 Å². The van der Waals surface area contributed by atoms with Crippen LogP contribution in [-0.2, 0) is 18.7 Å². The van der Waals surface area contributed by atoms with E-state index in [0.29, 0.717) is 28.3 Å². The molecule has 2 rings (SSSR count). The van der Waals surface area contributed by atoms with Gasteiger partial charge < -0.3 is 13.9 Å². The molecule has 0 amide bonds. The number of carbonyl (C=O) groups is 1. The number of ether oxygens (including phenoxy) is 2. The van der Waals surface area contributed by atoms with Gasteiger partial charge in [-0.15, -0.1) is 22.7 Å². The molecule has 0 aliphatic rings. The molecule has 0 bridgehead atoms. The summed E-state index contributed by atoms with van der Waals surface area (Å²) in [5, 5.41) is 6.14. The van der Waals surface area contributed by atoms with E-state index in [1.807, 2.05) is 18.4 Å². The van der Waals surface area contributed by atoms with E-state index in [1.165, 1.54) is 13.2 Å². The molecule has 37 heavy (non-hydrogen) atoms. The van der Waals surface area contributed by atoms with Crippen LogP contribution in [0.2, 0.25) is 16.6 Å². The molecule has 6 nitrogen and oxygen atoms in total. The van der Waals surface area contributed by atoms with Crippen molar-refractivity contribution in [3.8, 4) is 10.7 Å². The highest BCUT2D eigenvalue weighted by Crippen LogP contribution is 2.44. The topological polar surface area (TPSA) is 70.5 Å². The predicted octanol–water partition coefficient (Wildman–Crippen LogP) is 8.30. The van der Waals surface area contributed by atoms with Gasteiger partial charge in [-0.05, 0) is 22.7 Å². The van der Waals surface area contributed by atoms with Crippen LogP contribution in [0.15, 0.2) is 28.7 Å². The third-order valence-corrected chi connectivity index (χ3v) is 15.0. The Morgan fingerprint density at radius 2 is 1.51 bits per heavy atom. The SMILES string of the molecule is COC(=O)/C=C(/OC)[C@H](C)[C@H](/C=C/c1csc(-c2csc(C(C)C)n2)n1)O[Si](C(C)C)(C(C)C)C(C)C. The fraction of sp³-hybridized carbons (Fsp3) is 0.607. The molecule has 0 fully saturated rings. The third kappa shape index (κ3) is 7.62. The van der Waals surface area contributed by atoms with Gasteiger partial charge in [0.05, 0.1) is 37.1 Å². The Bertz CT molecular complexity index is 1050. The minimum absolute atomic E-state index is 0.200. The number of carbonyl (C=O) groups excluding carboxylic acids is 1. The molecule has 0 aliphatic carbocycles. The number of rotatable bonds is 13. The summed E-state index contributed by atoms with van der Waals surface area (Å²) in [7, 11) is 0.715. The van der Waals surface area contributed by atoms with Crippen LogP contribution in [0.3, 0.4) is 0 Å². The van der Waals surface area contributed by atoms with Crippen LogP contribution in [0.1, 0.15) is 78.9 Å². The molecule has 206 valence electrons. The van der Waals surface area contributed by atoms with Gasteiger partial charge in [0.15, 0.2) is 0 Å². The predicted molar refractivity (Wildman–Crippen MR) is 159 cm³/mol. The highest BCUT2D eigenvalue weighted by Gasteiger charge is 2.47. The van der Waals surface area contributed by atoms with E-state index < -0.39 is 14.3 Å². The molecule has 9 heteroatoms. The monoisotopic (exact) mass is 564 g/mol. The van der Waals surface area contributed by atoms with E-state index in [2.05, 4.69) is 66.8 Å². The number of nitrogens with zero attached hydrogens (tertiary/aromatic N) is 2. The van der Waals surface area contributed by atoms with Gasteiger partial charge in [0.1, 0.15) is 16.5 Å². The van der Waals surface area contributed by atoms with Crippen LogP contribution in [0.5, 0.6) is 0 Å². The van der Waals surface area contributed by atoms with Crippen molar-refractivity contribution in [2.45, 2.75) is 91.0 Å². The van der Waals surface area contributed by atoms with Crippen LogP contribution >= 0.6 is 22.7 Å². The van der Waals surface area contributed by atoms with Gasteiger partial charge in [-0.25, -0.2) is 14.8 Å². The van der Waals surface area contributed by atoms with Crippen molar-refractivity contribution in [2.24, 2.45) is 5.92 Å². The average molecular weight is 565 g/mol. The molecule has 0 radical (unpaired) electrons. The minimum atomic E-state index is -2.23. The van der Waals surface area contributed by atoms with Crippen molar-refractivity contribution < 1.29 is 18.7 Å². The smallest absolute Gasteiger partial charge is 0.333 e. The van der Waals surface area contributed by atoms with Crippen LogP contribution in [0.4, 0.5) is 0 Å². The molecule has 2 heterocycles. The van der Waals surface area contributed by atoms with Gasteiger partial charge in [-0.1, -0.05) is 68.4 Å². The lowest BCUT2D eigenvalue weighted by molar-refractivity contribution is -0.135. The fourth-order valence-electron chi connectivity index (χ4n) is 4.99. The summed E-state index contributed by atoms with van der Waals surface area (Å²) >= 11 is 3.26. The summed E-state index contributed by atoms with van der Waals surface area (Å²) < 4.78 is 17.7. The number of aromatic nitrogens is 2. The Balaban J connectivity index is 2.47. The van der Waals surface area contributed by atoms with Gasteiger partial charge in [0, 0.05) is 22.6 Å². The van der Waals surface area contributed by atoms with Gasteiger partial charge in [-0.3, -0.25) is 0 Å². The van der Waals surface area contributed by atoms with Gasteiger partial charge >= 0.3 is 5.97 Å². The van der Waals surface area contributed by atoms with Gasteiger partial charge in [-0.2, -0.15) is 0 Å². The van der Waals surface area contributed by atoms with Crippen LogP contribution in [-0.4, -0.2) is 44.6 Å². The lowest BCUT2D eigenvalue weighted by Crippen LogP contribution is -2.51. The number of thiazole rings is 2. The Morgan fingerprint density at radius 1 is 0.892 bits per heavy atom. The second kappa shape index (κ2) is 13.8. The van der Waals surface area contributed by atoms with Crippen molar-refractivity contribution in [1.82, 2.24) is 9.97 Å². The first-order valence-electron chi connectivity index (χ1n) is 13.0. The van der Waals surface area contributed by atoms with E-state index in [4.69, 9.17) is 23.9 Å². The highest BCUT2D eigenvalue weighted by molar-refractivity contribution is 7.14. The average Bonchev–Trinajstić information content (AvgIpc) is 3.51. The molecule has 0 spiro atoms. The summed E-state index contributed by atoms with van der Waals surface area (Å²) in [6, 6.07) is 0. The zero-order chi connectivity index (χ0) is 27.9. The molecular formula is C28H44N2O4S2Si. The zero-order valence-corrected chi connectivity index (χ0v) is 26.8. The maximum atomic E-state index is 12.0. The maximum absolute atomic E-state index is 12.0. The Labute approximate surface area is 232 Å². The molecule has 0 aliphatic heterocycles. The molecule has 2 aromatic rings. The van der Waals surface area contributed by atoms with Crippen molar-refractivity contribution in [3.05, 3.63) is 39.4 Å². The normalized spacial score (nSPS) is 14.8. The molecule has 0 saturated heterocycles. The van der Waals surface area contributed by atoms with E-state index >= 15 is 0 Å². The Hall–Kier alpha value is -1.81. The molecule has 0 unspecified atom stereocenters. The van der Waals surface area contributed by atoms with Crippen molar-refractivity contribution >= 4 is 43.0 Å². The zero-order valence-electron chi connectivity index (χ0n) is 24.2. The first kappa shape index (κ1) is 31.4. The van der Waals surface area contributed by atoms with Crippen molar-refractivity contribution in [3.63, 3.8) is 0 Å². The van der Waals surface area contributed by atoms with Gasteiger partial charge in [0.25, 0.3) is 0 Å². The maximum Gasteiger partial charge on any atom is 0.333 e. The van der Waals surface area contributed by atoms with Crippen molar-refractivity contribution in [2.75, 3.05) is 14.2 Å². The minimum Gasteiger partial charge on any atom is -0.500 e. The lowest BCUT2D eigenvalue weighted by atomic mass is 10.0. The summed E-state index contributed by atoms with van der Waals surface area (Å²) in [5.41, 5.74) is 3.03. The molecule has 0 saturated carbocycles. The Kier molecular flexibility index (Phi) is 11.7. The van der Waals surface area contributed by atoms with E-state index in [1.54, 1.807) is 29.8 Å². The number of esters is 1. The lowest BCUT2D eigenvalue weighted by Gasteiger charge is -2.45. The van der Waals surface area contributed by atoms with Crippen LogP contribution in [0.25, 0.3) is 16.8 Å². The fourth-order valence-corrected chi connectivity index (χ4v) is 12.2. The standard InChI is InChI=1S/C28H44N2O4S2Si/c1-17(2)27-30-23(16-36-27)28-29-22(15-35-28)12-13-24(21(9)25(32-10)14-26(31)33-11)34-37(18(3)4,19(5)6)20(7)8/h12-21,24H,1-11H3/b13-12+,25-14+/t21-,24+/m1/s1. The molecular weight excluding hydrogens is 521 g/mol. The van der Waals surface area contributed by atoms with E-state index in [9.17, 15) is 4.79 Å². The molecule has 0 N–H and O–H groups in total. The third-order valence-electron chi connectivity index (χ3n) is 6.90. The second-order valence-corrected chi connectivity index (χ2v) is 17.8. The van der Waals surface area contributed by atoms with Gasteiger partial charge in [0.2, 0.25) is 8.32 Å². The summed E-state index contributed by atoms with van der Waals surface area (Å²) in [5.74, 6) is 0.287. The Morgan fingerprint density at radius 3 is 2.00 bits per heavy atom. The quantitative estimate of drug-likeness (QED) is 0.105. The number of hydrogen-bond donors (Lipinski definition) is 0. The number of methoxy groups -OCH3 is 2. The highest BCUT2D eigenvalue weighted by atomic mass is 32.1. The number of hydrogen-bond acceptors (Lipinski definition) is 8.